The summed E-state index contributed by atoms with van der Waals surface area (Å²) in [4.78, 5) is 10.0. The highest BCUT2D eigenvalue weighted by Gasteiger charge is 2.11. The minimum Gasteiger partial charge on any atom is -0.393 e. The summed E-state index contributed by atoms with van der Waals surface area (Å²) in [6.07, 6.45) is 1.78. The summed E-state index contributed by atoms with van der Waals surface area (Å²) in [5.41, 5.74) is 0. The molecular formula is C10H14ClN5O. The summed E-state index contributed by atoms with van der Waals surface area (Å²) < 4.78 is 1.62. The van der Waals surface area contributed by atoms with Gasteiger partial charge in [-0.3, -0.25) is 0 Å². The van der Waals surface area contributed by atoms with E-state index in [1.165, 1.54) is 6.33 Å². The SMILES string of the molecule is CC(O)CCN(C)c1cc(Cl)nc2ncnn12. The topological polar surface area (TPSA) is 66.5 Å². The molecule has 92 valence electrons. The van der Waals surface area contributed by atoms with Crippen molar-refractivity contribution in [1.29, 1.82) is 0 Å². The number of aliphatic hydroxyl groups excluding tert-OH is 1. The third-order valence-corrected chi connectivity index (χ3v) is 2.67. The van der Waals surface area contributed by atoms with Crippen molar-refractivity contribution >= 4 is 23.2 Å². The third-order valence-electron chi connectivity index (χ3n) is 2.48. The van der Waals surface area contributed by atoms with Crippen molar-refractivity contribution in [2.75, 3.05) is 18.5 Å². The normalized spacial score (nSPS) is 12.9. The summed E-state index contributed by atoms with van der Waals surface area (Å²) in [5, 5.41) is 13.7. The number of fused-ring (bicyclic) bond motifs is 1. The molecule has 1 atom stereocenters. The fourth-order valence-corrected chi connectivity index (χ4v) is 1.71. The lowest BCUT2D eigenvalue weighted by molar-refractivity contribution is 0.186. The molecule has 0 saturated carbocycles. The van der Waals surface area contributed by atoms with Gasteiger partial charge in [-0.05, 0) is 13.3 Å². The van der Waals surface area contributed by atoms with Gasteiger partial charge >= 0.3 is 0 Å². The fraction of sp³-hybridized carbons (Fsp3) is 0.500. The quantitative estimate of drug-likeness (QED) is 0.825. The Morgan fingerprint density at radius 2 is 2.35 bits per heavy atom. The van der Waals surface area contributed by atoms with Crippen molar-refractivity contribution in [2.24, 2.45) is 0 Å². The zero-order chi connectivity index (χ0) is 12.4. The van der Waals surface area contributed by atoms with Crippen LogP contribution in [0.1, 0.15) is 13.3 Å². The molecular weight excluding hydrogens is 242 g/mol. The summed E-state index contributed by atoms with van der Waals surface area (Å²) in [6, 6.07) is 1.73. The number of nitrogens with zero attached hydrogens (tertiary/aromatic N) is 5. The number of hydrogen-bond donors (Lipinski definition) is 1. The van der Waals surface area contributed by atoms with Crippen molar-refractivity contribution < 1.29 is 5.11 Å². The average molecular weight is 256 g/mol. The van der Waals surface area contributed by atoms with Crippen molar-refractivity contribution in [2.45, 2.75) is 19.4 Å². The molecule has 6 nitrogen and oxygen atoms in total. The molecule has 2 aromatic rings. The minimum atomic E-state index is -0.332. The van der Waals surface area contributed by atoms with Gasteiger partial charge < -0.3 is 10.0 Å². The second kappa shape index (κ2) is 4.85. The van der Waals surface area contributed by atoms with E-state index < -0.39 is 0 Å². The fourth-order valence-electron chi connectivity index (χ4n) is 1.54. The average Bonchev–Trinajstić information content (AvgIpc) is 2.72. The molecule has 0 aliphatic rings. The predicted octanol–water partition coefficient (Wildman–Crippen LogP) is 0.985. The molecule has 2 heterocycles. The first-order valence-corrected chi connectivity index (χ1v) is 5.71. The van der Waals surface area contributed by atoms with E-state index in [1.807, 2.05) is 11.9 Å². The number of hydrogen-bond acceptors (Lipinski definition) is 5. The van der Waals surface area contributed by atoms with Crippen LogP contribution in [0.4, 0.5) is 5.82 Å². The van der Waals surface area contributed by atoms with Gasteiger partial charge in [0.15, 0.2) is 0 Å². The smallest absolute Gasteiger partial charge is 0.255 e. The lowest BCUT2D eigenvalue weighted by Crippen LogP contribution is -2.24. The van der Waals surface area contributed by atoms with E-state index in [4.69, 9.17) is 11.6 Å². The van der Waals surface area contributed by atoms with E-state index in [1.54, 1.807) is 17.5 Å². The van der Waals surface area contributed by atoms with E-state index >= 15 is 0 Å². The molecule has 0 saturated heterocycles. The molecule has 0 bridgehead atoms. The van der Waals surface area contributed by atoms with Gasteiger partial charge in [-0.2, -0.15) is 19.6 Å². The molecule has 1 N–H and O–H groups in total. The van der Waals surface area contributed by atoms with E-state index in [9.17, 15) is 5.11 Å². The first kappa shape index (κ1) is 12.1. The molecule has 2 rings (SSSR count). The Morgan fingerprint density at radius 3 is 3.06 bits per heavy atom. The van der Waals surface area contributed by atoms with Crippen LogP contribution in [0.3, 0.4) is 0 Å². The van der Waals surface area contributed by atoms with Crippen LogP contribution in [0, 0.1) is 0 Å². The summed E-state index contributed by atoms with van der Waals surface area (Å²) in [5.74, 6) is 1.27. The zero-order valence-electron chi connectivity index (χ0n) is 9.71. The van der Waals surface area contributed by atoms with Gasteiger partial charge in [-0.15, -0.1) is 0 Å². The van der Waals surface area contributed by atoms with Gasteiger partial charge in [-0.1, -0.05) is 11.6 Å². The van der Waals surface area contributed by atoms with Crippen LogP contribution in [0.5, 0.6) is 0 Å². The summed E-state index contributed by atoms with van der Waals surface area (Å²) in [6.45, 7) is 2.46. The van der Waals surface area contributed by atoms with Gasteiger partial charge in [0, 0.05) is 19.7 Å². The largest absolute Gasteiger partial charge is 0.393 e. The number of aromatic nitrogens is 4. The van der Waals surface area contributed by atoms with Crippen LogP contribution in [-0.2, 0) is 0 Å². The molecule has 0 aliphatic heterocycles. The summed E-state index contributed by atoms with van der Waals surface area (Å²) >= 11 is 5.92. The van der Waals surface area contributed by atoms with E-state index in [2.05, 4.69) is 15.1 Å². The maximum absolute atomic E-state index is 9.28. The van der Waals surface area contributed by atoms with Gasteiger partial charge in [0.05, 0.1) is 6.10 Å². The highest BCUT2D eigenvalue weighted by molar-refractivity contribution is 6.29. The van der Waals surface area contributed by atoms with Gasteiger partial charge in [0.1, 0.15) is 17.3 Å². The Kier molecular flexibility index (Phi) is 3.44. The van der Waals surface area contributed by atoms with Crippen LogP contribution in [0.15, 0.2) is 12.4 Å². The number of anilines is 1. The monoisotopic (exact) mass is 255 g/mol. The first-order chi connectivity index (χ1) is 8.08. The Morgan fingerprint density at radius 1 is 1.59 bits per heavy atom. The Labute approximate surface area is 104 Å². The van der Waals surface area contributed by atoms with Crippen molar-refractivity contribution in [3.05, 3.63) is 17.5 Å². The van der Waals surface area contributed by atoms with E-state index in [0.717, 1.165) is 5.82 Å². The van der Waals surface area contributed by atoms with Crippen molar-refractivity contribution in [3.8, 4) is 0 Å². The molecule has 1 unspecified atom stereocenters. The van der Waals surface area contributed by atoms with Crippen molar-refractivity contribution in [1.82, 2.24) is 19.6 Å². The second-order valence-corrected chi connectivity index (χ2v) is 4.36. The third kappa shape index (κ3) is 2.65. The lowest BCUT2D eigenvalue weighted by Gasteiger charge is -2.20. The number of halogens is 1. The first-order valence-electron chi connectivity index (χ1n) is 5.33. The number of rotatable bonds is 4. The molecule has 7 heteroatoms. The maximum Gasteiger partial charge on any atom is 0.255 e. The molecule has 0 fully saturated rings. The van der Waals surface area contributed by atoms with Gasteiger partial charge in [0.2, 0.25) is 0 Å². The Bertz CT molecular complexity index is 512. The summed E-state index contributed by atoms with van der Waals surface area (Å²) in [7, 11) is 1.91. The lowest BCUT2D eigenvalue weighted by atomic mass is 10.3. The van der Waals surface area contributed by atoms with Crippen LogP contribution in [0.25, 0.3) is 5.78 Å². The van der Waals surface area contributed by atoms with Crippen molar-refractivity contribution in [3.63, 3.8) is 0 Å². The second-order valence-electron chi connectivity index (χ2n) is 3.97. The molecule has 2 aromatic heterocycles. The molecule has 0 amide bonds. The zero-order valence-corrected chi connectivity index (χ0v) is 10.5. The van der Waals surface area contributed by atoms with Crippen LogP contribution >= 0.6 is 11.6 Å². The van der Waals surface area contributed by atoms with Gasteiger partial charge in [0.25, 0.3) is 5.78 Å². The number of aliphatic hydroxyl groups is 1. The van der Waals surface area contributed by atoms with E-state index in [0.29, 0.717) is 23.9 Å². The van der Waals surface area contributed by atoms with Crippen LogP contribution < -0.4 is 4.90 Å². The van der Waals surface area contributed by atoms with Gasteiger partial charge in [-0.25, -0.2) is 0 Å². The van der Waals surface area contributed by atoms with Crippen LogP contribution in [-0.4, -0.2) is 44.4 Å². The highest BCUT2D eigenvalue weighted by atomic mass is 35.5. The highest BCUT2D eigenvalue weighted by Crippen LogP contribution is 2.18. The molecule has 0 spiro atoms. The Hall–Kier alpha value is -1.40. The predicted molar refractivity (Wildman–Crippen MR) is 65.4 cm³/mol. The molecule has 17 heavy (non-hydrogen) atoms. The van der Waals surface area contributed by atoms with Crippen LogP contribution in [0.2, 0.25) is 5.15 Å². The molecule has 0 radical (unpaired) electrons. The minimum absolute atomic E-state index is 0.332. The maximum atomic E-state index is 9.28. The molecule has 0 aliphatic carbocycles. The van der Waals surface area contributed by atoms with E-state index in [-0.39, 0.29) is 6.10 Å². The standard InChI is InChI=1S/C10H14ClN5O/c1-7(17)3-4-15(2)9-5-8(11)14-10-12-6-13-16(9)10/h5-7,17H,3-4H2,1-2H3. The Balaban J connectivity index is 2.30. The molecule has 0 aromatic carbocycles.